The van der Waals surface area contributed by atoms with Gasteiger partial charge in [-0.3, -0.25) is 9.59 Å². The van der Waals surface area contributed by atoms with Gasteiger partial charge in [0.15, 0.2) is 0 Å². The van der Waals surface area contributed by atoms with Crippen LogP contribution in [-0.4, -0.2) is 54.4 Å². The molecule has 2 heterocycles. The van der Waals surface area contributed by atoms with Gasteiger partial charge in [0.25, 0.3) is 5.91 Å². The molecule has 7 heteroatoms. The van der Waals surface area contributed by atoms with Crippen LogP contribution in [0, 0.1) is 19.7 Å². The highest BCUT2D eigenvalue weighted by molar-refractivity contribution is 5.99. The minimum atomic E-state index is -0.469. The molecule has 1 aliphatic heterocycles. The molecule has 6 rings (SSSR count). The maximum absolute atomic E-state index is 14.4. The Morgan fingerprint density at radius 1 is 0.833 bits per heavy atom. The molecule has 0 radical (unpaired) electrons. The second-order valence-corrected chi connectivity index (χ2v) is 13.3. The molecule has 1 fully saturated rings. The van der Waals surface area contributed by atoms with Crippen molar-refractivity contribution in [1.82, 2.24) is 20.5 Å². The maximum atomic E-state index is 14.4. The number of hydrogen-bond acceptors (Lipinski definition) is 3. The number of para-hydroxylation sites is 1. The van der Waals surface area contributed by atoms with Gasteiger partial charge in [0.1, 0.15) is 11.5 Å². The number of amides is 2. The van der Waals surface area contributed by atoms with Crippen molar-refractivity contribution in [2.24, 2.45) is 0 Å². The number of aromatic nitrogens is 1. The first-order valence-corrected chi connectivity index (χ1v) is 17.0. The van der Waals surface area contributed by atoms with Crippen LogP contribution < -0.4 is 10.6 Å². The SMILES string of the molecule is Cc1ccc(C(CCCN2CCC(c3ccccc3F)CC2)(CNC(=O)CNC(=O)c2cc3ccccc3[nH]2)c2ccc(C)cc2)cc1. The van der Waals surface area contributed by atoms with Crippen molar-refractivity contribution >= 4 is 22.7 Å². The lowest BCUT2D eigenvalue weighted by Crippen LogP contribution is -2.45. The summed E-state index contributed by atoms with van der Waals surface area (Å²) in [5.74, 6) is -0.397. The van der Waals surface area contributed by atoms with E-state index in [1.54, 1.807) is 18.2 Å². The molecule has 0 atom stereocenters. The lowest BCUT2D eigenvalue weighted by atomic mass is 9.70. The Balaban J connectivity index is 1.15. The van der Waals surface area contributed by atoms with Gasteiger partial charge in [-0.2, -0.15) is 0 Å². The number of benzene rings is 4. The summed E-state index contributed by atoms with van der Waals surface area (Å²) in [5.41, 5.74) is 6.33. The zero-order chi connectivity index (χ0) is 33.5. The largest absolute Gasteiger partial charge is 0.353 e. The second-order valence-electron chi connectivity index (χ2n) is 13.3. The molecule has 6 nitrogen and oxygen atoms in total. The average Bonchev–Trinajstić information content (AvgIpc) is 3.55. The van der Waals surface area contributed by atoms with Gasteiger partial charge in [-0.05, 0) is 100.0 Å². The first kappa shape index (κ1) is 33.2. The molecule has 3 N–H and O–H groups in total. The summed E-state index contributed by atoms with van der Waals surface area (Å²) in [6.45, 7) is 7.25. The number of rotatable bonds is 12. The van der Waals surface area contributed by atoms with Crippen molar-refractivity contribution in [3.8, 4) is 0 Å². The number of nitrogens with one attached hydrogen (secondary N) is 3. The molecule has 0 aliphatic carbocycles. The number of aromatic amines is 1. The van der Waals surface area contributed by atoms with Crippen molar-refractivity contribution in [2.45, 2.75) is 50.9 Å². The average molecular weight is 645 g/mol. The van der Waals surface area contributed by atoms with Gasteiger partial charge < -0.3 is 20.5 Å². The number of fused-ring (bicyclic) bond motifs is 1. The Kier molecular flexibility index (Phi) is 10.4. The van der Waals surface area contributed by atoms with Gasteiger partial charge in [0, 0.05) is 22.9 Å². The van der Waals surface area contributed by atoms with Crippen molar-refractivity contribution in [3.63, 3.8) is 0 Å². The third kappa shape index (κ3) is 7.69. The molecule has 0 spiro atoms. The molecule has 0 saturated carbocycles. The van der Waals surface area contributed by atoms with E-state index in [1.165, 1.54) is 11.1 Å². The molecule has 1 aromatic heterocycles. The van der Waals surface area contributed by atoms with E-state index in [9.17, 15) is 14.0 Å². The Morgan fingerprint density at radius 2 is 1.46 bits per heavy atom. The number of carbonyl (C=O) groups is 2. The number of H-pyrrole nitrogens is 1. The molecule has 1 aliphatic rings. The van der Waals surface area contributed by atoms with Gasteiger partial charge >= 0.3 is 0 Å². The molecule has 5 aromatic rings. The molecule has 248 valence electrons. The number of likely N-dealkylation sites (tertiary alicyclic amines) is 1. The van der Waals surface area contributed by atoms with Gasteiger partial charge in [-0.15, -0.1) is 0 Å². The molecule has 4 aromatic carbocycles. The predicted octanol–water partition coefficient (Wildman–Crippen LogP) is 7.42. The Bertz CT molecular complexity index is 1760. The van der Waals surface area contributed by atoms with Crippen LogP contribution in [0.1, 0.15) is 69.9 Å². The fourth-order valence-electron chi connectivity index (χ4n) is 7.13. The Labute approximate surface area is 282 Å². The number of carbonyl (C=O) groups excluding carboxylic acids is 2. The molecule has 48 heavy (non-hydrogen) atoms. The zero-order valence-corrected chi connectivity index (χ0v) is 27.9. The summed E-state index contributed by atoms with van der Waals surface area (Å²) in [6, 6.07) is 33.9. The van der Waals surface area contributed by atoms with Crippen LogP contribution in [0.25, 0.3) is 10.9 Å². The molecule has 1 saturated heterocycles. The zero-order valence-electron chi connectivity index (χ0n) is 27.9. The minimum Gasteiger partial charge on any atom is -0.353 e. The monoisotopic (exact) mass is 644 g/mol. The lowest BCUT2D eigenvalue weighted by molar-refractivity contribution is -0.120. The summed E-state index contributed by atoms with van der Waals surface area (Å²) < 4.78 is 14.4. The molecule has 0 unspecified atom stereocenters. The minimum absolute atomic E-state index is 0.101. The highest BCUT2D eigenvalue weighted by Gasteiger charge is 2.35. The first-order chi connectivity index (χ1) is 23.3. The van der Waals surface area contributed by atoms with E-state index in [0.29, 0.717) is 12.2 Å². The molecule has 2 amide bonds. The Hall–Kier alpha value is -4.75. The number of halogens is 1. The van der Waals surface area contributed by atoms with Gasteiger partial charge in [-0.25, -0.2) is 4.39 Å². The first-order valence-electron chi connectivity index (χ1n) is 17.0. The standard InChI is InChI=1S/C41H45FN4O2/c1-29-12-16-33(17-13-29)41(34-18-14-30(2)15-19-34,22-7-23-46-24-20-31(21-25-46)35-9-4-5-10-36(35)42)28-44-39(47)27-43-40(48)38-26-32-8-3-6-11-37(32)45-38/h3-6,8-19,26,31,45H,7,20-25,27-28H2,1-2H3,(H,43,48)(H,44,47). The third-order valence-corrected chi connectivity index (χ3v) is 9.99. The molecule has 0 bridgehead atoms. The van der Waals surface area contributed by atoms with E-state index in [2.05, 4.69) is 82.9 Å². The molecular formula is C41H45FN4O2. The van der Waals surface area contributed by atoms with Gasteiger partial charge in [0.05, 0.1) is 6.54 Å². The number of piperidine rings is 1. The van der Waals surface area contributed by atoms with Crippen LogP contribution in [0.3, 0.4) is 0 Å². The van der Waals surface area contributed by atoms with Gasteiger partial charge in [-0.1, -0.05) is 96.1 Å². The van der Waals surface area contributed by atoms with E-state index in [-0.39, 0.29) is 30.1 Å². The van der Waals surface area contributed by atoms with E-state index < -0.39 is 5.41 Å². The van der Waals surface area contributed by atoms with Crippen LogP contribution in [0.2, 0.25) is 0 Å². The quantitative estimate of drug-likeness (QED) is 0.132. The normalized spacial score (nSPS) is 14.2. The van der Waals surface area contributed by atoms with E-state index in [0.717, 1.165) is 72.9 Å². The fourth-order valence-corrected chi connectivity index (χ4v) is 7.13. The van der Waals surface area contributed by atoms with Crippen molar-refractivity contribution in [3.05, 3.63) is 142 Å². The van der Waals surface area contributed by atoms with Crippen LogP contribution >= 0.6 is 0 Å². The Morgan fingerprint density at radius 3 is 2.10 bits per heavy atom. The summed E-state index contributed by atoms with van der Waals surface area (Å²) in [4.78, 5) is 31.8. The van der Waals surface area contributed by atoms with Crippen LogP contribution in [0.5, 0.6) is 0 Å². The second kappa shape index (κ2) is 15.0. The highest BCUT2D eigenvalue weighted by atomic mass is 19.1. The summed E-state index contributed by atoms with van der Waals surface area (Å²) in [7, 11) is 0. The number of nitrogens with zero attached hydrogens (tertiary/aromatic N) is 1. The maximum Gasteiger partial charge on any atom is 0.268 e. The summed E-state index contributed by atoms with van der Waals surface area (Å²) in [6.07, 6.45) is 3.65. The fraction of sp³-hybridized carbons (Fsp3) is 0.317. The third-order valence-electron chi connectivity index (χ3n) is 9.99. The highest BCUT2D eigenvalue weighted by Crippen LogP contribution is 2.38. The van der Waals surface area contributed by atoms with E-state index >= 15 is 0 Å². The van der Waals surface area contributed by atoms with Gasteiger partial charge in [0.2, 0.25) is 5.91 Å². The lowest BCUT2D eigenvalue weighted by Gasteiger charge is -2.37. The van der Waals surface area contributed by atoms with Crippen molar-refractivity contribution in [2.75, 3.05) is 32.7 Å². The van der Waals surface area contributed by atoms with Crippen LogP contribution in [0.4, 0.5) is 4.39 Å². The van der Waals surface area contributed by atoms with Crippen LogP contribution in [0.15, 0.2) is 103 Å². The summed E-state index contributed by atoms with van der Waals surface area (Å²) >= 11 is 0. The smallest absolute Gasteiger partial charge is 0.268 e. The van der Waals surface area contributed by atoms with E-state index in [4.69, 9.17) is 0 Å². The van der Waals surface area contributed by atoms with Crippen molar-refractivity contribution in [1.29, 1.82) is 0 Å². The number of hydrogen-bond donors (Lipinski definition) is 3. The summed E-state index contributed by atoms with van der Waals surface area (Å²) in [5, 5.41) is 6.92. The number of aryl methyl sites for hydroxylation is 2. The van der Waals surface area contributed by atoms with E-state index in [1.807, 2.05) is 36.4 Å². The predicted molar refractivity (Wildman–Crippen MR) is 191 cm³/mol. The van der Waals surface area contributed by atoms with Crippen molar-refractivity contribution < 1.29 is 14.0 Å². The topological polar surface area (TPSA) is 77.2 Å². The van der Waals surface area contributed by atoms with Crippen LogP contribution in [-0.2, 0) is 10.2 Å². The molecular weight excluding hydrogens is 599 g/mol.